The lowest BCUT2D eigenvalue weighted by atomic mass is 10.1. The molecule has 1 atom stereocenters. The van der Waals surface area contributed by atoms with E-state index in [1.54, 1.807) is 24.3 Å². The molecule has 26 heavy (non-hydrogen) atoms. The number of rotatable bonds is 5. The number of benzene rings is 2. The number of cyclic esters (lactones) is 1. The number of nitrogens with zero attached hydrogens (tertiary/aromatic N) is 1. The monoisotopic (exact) mass is 389 g/mol. The fourth-order valence-corrected chi connectivity index (χ4v) is 2.61. The normalized spacial score (nSPS) is 16.4. The number of hydrogen-bond acceptors (Lipinski definition) is 4. The Hall–Kier alpha value is -2.30. The highest BCUT2D eigenvalue weighted by Gasteiger charge is 2.25. The van der Waals surface area contributed by atoms with Crippen molar-refractivity contribution >= 4 is 41.1 Å². The molecule has 0 bridgehead atoms. The summed E-state index contributed by atoms with van der Waals surface area (Å²) in [6.07, 6.45) is 2.61. The smallest absolute Gasteiger partial charge is 0.363 e. The molecule has 3 rings (SSSR count). The lowest BCUT2D eigenvalue weighted by molar-refractivity contribution is -0.129. The van der Waals surface area contributed by atoms with Crippen LogP contribution in [0, 0.1) is 0 Å². The molecule has 0 aliphatic carbocycles. The average molecular weight is 390 g/mol. The summed E-state index contributed by atoms with van der Waals surface area (Å²) in [4.78, 5) is 16.5. The average Bonchev–Trinajstić information content (AvgIpc) is 2.99. The van der Waals surface area contributed by atoms with E-state index in [0.29, 0.717) is 21.4 Å². The lowest BCUT2D eigenvalue weighted by Crippen LogP contribution is -2.10. The van der Waals surface area contributed by atoms with Crippen molar-refractivity contribution in [3.63, 3.8) is 0 Å². The second-order valence-corrected chi connectivity index (χ2v) is 6.65. The zero-order chi connectivity index (χ0) is 18.7. The second kappa shape index (κ2) is 7.94. The Labute approximate surface area is 162 Å². The molecule has 0 amide bonds. The molecule has 2 aromatic carbocycles. The predicted molar refractivity (Wildman–Crippen MR) is 104 cm³/mol. The largest absolute Gasteiger partial charge is 0.490 e. The number of ether oxygens (including phenoxy) is 2. The molecule has 1 unspecified atom stereocenters. The first-order valence-electron chi connectivity index (χ1n) is 8.21. The Bertz CT molecular complexity index is 906. The van der Waals surface area contributed by atoms with Gasteiger partial charge in [0.2, 0.25) is 5.90 Å². The van der Waals surface area contributed by atoms with E-state index < -0.39 is 5.97 Å². The number of halogens is 2. The highest BCUT2D eigenvalue weighted by Crippen LogP contribution is 2.28. The van der Waals surface area contributed by atoms with Crippen LogP contribution in [-0.2, 0) is 9.53 Å². The molecule has 0 spiro atoms. The fraction of sp³-hybridized carbons (Fsp3) is 0.200. The molecule has 4 nitrogen and oxygen atoms in total. The number of hydrogen-bond donors (Lipinski definition) is 0. The van der Waals surface area contributed by atoms with Crippen molar-refractivity contribution in [1.29, 1.82) is 0 Å². The summed E-state index contributed by atoms with van der Waals surface area (Å²) in [5.41, 5.74) is 1.55. The van der Waals surface area contributed by atoms with E-state index in [-0.39, 0.29) is 17.7 Å². The van der Waals surface area contributed by atoms with E-state index in [4.69, 9.17) is 32.7 Å². The molecular weight excluding hydrogens is 373 g/mol. The quantitative estimate of drug-likeness (QED) is 0.499. The van der Waals surface area contributed by atoms with Gasteiger partial charge in [-0.1, -0.05) is 48.3 Å². The van der Waals surface area contributed by atoms with Gasteiger partial charge in [0.1, 0.15) is 5.75 Å². The molecule has 0 N–H and O–H groups in total. The standard InChI is InChI=1S/C20H17Cl2NO3/c1-3-12(2)25-18-7-5-4-6-13(18)11-17-20(24)26-19(23-17)14-8-9-15(21)16(22)10-14/h4-12H,3H2,1-2H3/b17-11-. The van der Waals surface area contributed by atoms with Gasteiger partial charge in [0.05, 0.1) is 16.1 Å². The Morgan fingerprint density at radius 1 is 1.19 bits per heavy atom. The van der Waals surface area contributed by atoms with Crippen LogP contribution in [0.1, 0.15) is 31.4 Å². The van der Waals surface area contributed by atoms with Crippen molar-refractivity contribution in [3.05, 3.63) is 69.3 Å². The van der Waals surface area contributed by atoms with E-state index >= 15 is 0 Å². The molecular formula is C20H17Cl2NO3. The van der Waals surface area contributed by atoms with Gasteiger partial charge >= 0.3 is 5.97 Å². The first-order chi connectivity index (χ1) is 12.5. The number of aliphatic imine (C=N–C) groups is 1. The number of carbonyl (C=O) groups is 1. The first kappa shape index (κ1) is 18.5. The van der Waals surface area contributed by atoms with Crippen molar-refractivity contribution in [2.75, 3.05) is 0 Å². The maximum absolute atomic E-state index is 12.2. The van der Waals surface area contributed by atoms with Crippen LogP contribution in [-0.4, -0.2) is 18.0 Å². The highest BCUT2D eigenvalue weighted by atomic mass is 35.5. The molecule has 0 radical (unpaired) electrons. The minimum Gasteiger partial charge on any atom is -0.490 e. The van der Waals surface area contributed by atoms with Gasteiger partial charge in [-0.25, -0.2) is 9.79 Å². The summed E-state index contributed by atoms with van der Waals surface area (Å²) >= 11 is 11.9. The summed E-state index contributed by atoms with van der Waals surface area (Å²) in [5, 5.41) is 0.792. The van der Waals surface area contributed by atoms with Gasteiger partial charge in [0, 0.05) is 11.1 Å². The topological polar surface area (TPSA) is 47.9 Å². The lowest BCUT2D eigenvalue weighted by Gasteiger charge is -2.14. The van der Waals surface area contributed by atoms with Crippen LogP contribution in [0.4, 0.5) is 0 Å². The van der Waals surface area contributed by atoms with E-state index in [1.165, 1.54) is 0 Å². The molecule has 0 saturated heterocycles. The molecule has 134 valence electrons. The van der Waals surface area contributed by atoms with Gasteiger partial charge in [-0.2, -0.15) is 0 Å². The van der Waals surface area contributed by atoms with Crippen molar-refractivity contribution in [3.8, 4) is 5.75 Å². The van der Waals surface area contributed by atoms with Crippen molar-refractivity contribution in [2.45, 2.75) is 26.4 Å². The number of esters is 1. The summed E-state index contributed by atoms with van der Waals surface area (Å²) in [6, 6.07) is 12.4. The molecule has 6 heteroatoms. The molecule has 1 aliphatic rings. The van der Waals surface area contributed by atoms with Crippen LogP contribution in [0.15, 0.2) is 53.2 Å². The van der Waals surface area contributed by atoms with Crippen molar-refractivity contribution in [1.82, 2.24) is 0 Å². The Kier molecular flexibility index (Phi) is 5.64. The van der Waals surface area contributed by atoms with Crippen LogP contribution in [0.3, 0.4) is 0 Å². The summed E-state index contributed by atoms with van der Waals surface area (Å²) in [7, 11) is 0. The van der Waals surface area contributed by atoms with Gasteiger partial charge in [0.15, 0.2) is 5.70 Å². The van der Waals surface area contributed by atoms with E-state index in [9.17, 15) is 4.79 Å². The minimum atomic E-state index is -0.524. The number of carbonyl (C=O) groups excluding carboxylic acids is 1. The molecule has 0 saturated carbocycles. The first-order valence-corrected chi connectivity index (χ1v) is 8.97. The second-order valence-electron chi connectivity index (χ2n) is 5.84. The third kappa shape index (κ3) is 4.09. The molecule has 1 aliphatic heterocycles. The SMILES string of the molecule is CCC(C)Oc1ccccc1/C=C1\N=C(c2ccc(Cl)c(Cl)c2)OC1=O. The van der Waals surface area contributed by atoms with Gasteiger partial charge < -0.3 is 9.47 Å². The zero-order valence-corrected chi connectivity index (χ0v) is 15.8. The Morgan fingerprint density at radius 2 is 1.96 bits per heavy atom. The maximum Gasteiger partial charge on any atom is 0.363 e. The summed E-state index contributed by atoms with van der Waals surface area (Å²) in [5.74, 6) is 0.366. The highest BCUT2D eigenvalue weighted by molar-refractivity contribution is 6.42. The van der Waals surface area contributed by atoms with Crippen LogP contribution in [0.2, 0.25) is 10.0 Å². The minimum absolute atomic E-state index is 0.0698. The van der Waals surface area contributed by atoms with Gasteiger partial charge in [-0.15, -0.1) is 0 Å². The third-order valence-corrected chi connectivity index (χ3v) is 4.64. The molecule has 1 heterocycles. The third-order valence-electron chi connectivity index (χ3n) is 3.90. The zero-order valence-electron chi connectivity index (χ0n) is 14.3. The number of para-hydroxylation sites is 1. The van der Waals surface area contributed by atoms with Gasteiger partial charge in [0.25, 0.3) is 0 Å². The maximum atomic E-state index is 12.2. The summed E-state index contributed by atoms with van der Waals surface area (Å²) in [6.45, 7) is 4.04. The van der Waals surface area contributed by atoms with Gasteiger partial charge in [-0.05, 0) is 43.7 Å². The van der Waals surface area contributed by atoms with Crippen LogP contribution in [0.25, 0.3) is 6.08 Å². The van der Waals surface area contributed by atoms with Crippen LogP contribution in [0.5, 0.6) is 5.75 Å². The van der Waals surface area contributed by atoms with Crippen molar-refractivity contribution in [2.24, 2.45) is 4.99 Å². The van der Waals surface area contributed by atoms with E-state index in [0.717, 1.165) is 12.0 Å². The Morgan fingerprint density at radius 3 is 2.69 bits per heavy atom. The predicted octanol–water partition coefficient (Wildman–Crippen LogP) is 5.52. The Balaban J connectivity index is 1.93. The van der Waals surface area contributed by atoms with Crippen LogP contribution < -0.4 is 4.74 Å². The molecule has 0 fully saturated rings. The molecule has 2 aromatic rings. The van der Waals surface area contributed by atoms with E-state index in [1.807, 2.05) is 38.1 Å². The van der Waals surface area contributed by atoms with Gasteiger partial charge in [-0.3, -0.25) is 0 Å². The fourth-order valence-electron chi connectivity index (χ4n) is 2.32. The van der Waals surface area contributed by atoms with E-state index in [2.05, 4.69) is 4.99 Å². The molecule has 0 aromatic heterocycles. The van der Waals surface area contributed by atoms with Crippen molar-refractivity contribution < 1.29 is 14.3 Å². The van der Waals surface area contributed by atoms with Crippen LogP contribution >= 0.6 is 23.2 Å². The summed E-state index contributed by atoms with van der Waals surface area (Å²) < 4.78 is 11.2.